The van der Waals surface area contributed by atoms with Gasteiger partial charge in [0.2, 0.25) is 0 Å². The molecule has 0 fully saturated rings. The van der Waals surface area contributed by atoms with Gasteiger partial charge in [0.25, 0.3) is 5.56 Å². The van der Waals surface area contributed by atoms with Crippen LogP contribution in [0.5, 0.6) is 0 Å². The molecule has 0 bridgehead atoms. The molecule has 0 atom stereocenters. The van der Waals surface area contributed by atoms with Gasteiger partial charge in [0.1, 0.15) is 5.03 Å². The van der Waals surface area contributed by atoms with E-state index < -0.39 is 5.97 Å². The number of esters is 1. The van der Waals surface area contributed by atoms with Crippen molar-refractivity contribution in [2.45, 2.75) is 10.2 Å². The van der Waals surface area contributed by atoms with Crippen molar-refractivity contribution in [3.63, 3.8) is 0 Å². The molecule has 19 heavy (non-hydrogen) atoms. The van der Waals surface area contributed by atoms with Gasteiger partial charge >= 0.3 is 5.97 Å². The molecule has 0 saturated carbocycles. The van der Waals surface area contributed by atoms with E-state index >= 15 is 0 Å². The third-order valence-electron chi connectivity index (χ3n) is 2.16. The average molecular weight is 278 g/mol. The maximum Gasteiger partial charge on any atom is 0.340 e. The molecule has 2 heterocycles. The summed E-state index contributed by atoms with van der Waals surface area (Å²) in [6.45, 7) is 0. The number of aromatic amines is 1. The van der Waals surface area contributed by atoms with Crippen LogP contribution in [-0.4, -0.2) is 28.0 Å². The van der Waals surface area contributed by atoms with Crippen LogP contribution in [0.4, 0.5) is 5.69 Å². The zero-order chi connectivity index (χ0) is 13.8. The van der Waals surface area contributed by atoms with E-state index in [4.69, 9.17) is 5.73 Å². The van der Waals surface area contributed by atoms with E-state index in [0.717, 1.165) is 11.8 Å². The maximum absolute atomic E-state index is 11.5. The van der Waals surface area contributed by atoms with Crippen LogP contribution in [0.15, 0.2) is 39.5 Å². The summed E-state index contributed by atoms with van der Waals surface area (Å²) in [7, 11) is 1.27. The van der Waals surface area contributed by atoms with Gasteiger partial charge < -0.3 is 15.5 Å². The van der Waals surface area contributed by atoms with E-state index in [1.807, 2.05) is 0 Å². The fraction of sp³-hybridized carbons (Fsp3) is 0.0909. The highest BCUT2D eigenvalue weighted by atomic mass is 32.2. The second kappa shape index (κ2) is 5.53. The Kier molecular flexibility index (Phi) is 3.81. The average Bonchev–Trinajstić information content (AvgIpc) is 2.40. The van der Waals surface area contributed by atoms with Gasteiger partial charge in [0.05, 0.1) is 24.6 Å². The number of rotatable bonds is 3. The summed E-state index contributed by atoms with van der Waals surface area (Å²) in [5, 5.41) is 0.851. The molecule has 2 aromatic rings. The third-order valence-corrected chi connectivity index (χ3v) is 3.00. The number of hydrogen-bond donors (Lipinski definition) is 2. The lowest BCUT2D eigenvalue weighted by molar-refractivity contribution is 0.0601. The molecule has 0 saturated heterocycles. The normalized spacial score (nSPS) is 10.2. The lowest BCUT2D eigenvalue weighted by Crippen LogP contribution is -2.07. The predicted molar refractivity (Wildman–Crippen MR) is 69.0 cm³/mol. The highest BCUT2D eigenvalue weighted by Gasteiger charge is 2.12. The van der Waals surface area contributed by atoms with E-state index in [0.29, 0.717) is 10.2 Å². The molecule has 98 valence electrons. The molecule has 2 aromatic heterocycles. The first-order valence-corrected chi connectivity index (χ1v) is 5.99. The zero-order valence-corrected chi connectivity index (χ0v) is 10.7. The number of anilines is 1. The number of hydrogen-bond acceptors (Lipinski definition) is 7. The number of pyridine rings is 1. The fourth-order valence-corrected chi connectivity index (χ4v) is 2.04. The number of nitrogens with one attached hydrogen (secondary N) is 1. The molecular weight excluding hydrogens is 268 g/mol. The lowest BCUT2D eigenvalue weighted by Gasteiger charge is -2.05. The number of carbonyl (C=O) groups is 1. The van der Waals surface area contributed by atoms with E-state index in [9.17, 15) is 9.59 Å². The first-order chi connectivity index (χ1) is 9.10. The first kappa shape index (κ1) is 13.1. The summed E-state index contributed by atoms with van der Waals surface area (Å²) in [6.07, 6.45) is 2.75. The molecule has 8 heteroatoms. The summed E-state index contributed by atoms with van der Waals surface area (Å²) >= 11 is 1.11. The van der Waals surface area contributed by atoms with Crippen LogP contribution in [0.25, 0.3) is 0 Å². The Bertz CT molecular complexity index is 671. The Labute approximate surface area is 112 Å². The second-order valence-corrected chi connectivity index (χ2v) is 4.45. The molecule has 7 nitrogen and oxygen atoms in total. The van der Waals surface area contributed by atoms with Crippen LogP contribution >= 0.6 is 11.8 Å². The maximum atomic E-state index is 11.5. The minimum absolute atomic E-state index is 0.221. The Morgan fingerprint density at radius 2 is 2.26 bits per heavy atom. The molecule has 2 rings (SSSR count). The number of carbonyl (C=O) groups excluding carboxylic acids is 1. The number of nitrogens with two attached hydrogens (primary N) is 1. The van der Waals surface area contributed by atoms with Crippen molar-refractivity contribution in [2.24, 2.45) is 0 Å². The molecule has 0 aliphatic rings. The Balaban J connectivity index is 2.31. The molecule has 0 aromatic carbocycles. The summed E-state index contributed by atoms with van der Waals surface area (Å²) in [5.74, 6) is -0.545. The highest BCUT2D eigenvalue weighted by molar-refractivity contribution is 7.99. The molecule has 3 N–H and O–H groups in total. The zero-order valence-electron chi connectivity index (χ0n) is 9.91. The molecule has 0 aliphatic heterocycles. The number of nitrogens with zero attached hydrogens (tertiary/aromatic N) is 2. The molecule has 0 unspecified atom stereocenters. The van der Waals surface area contributed by atoms with Gasteiger partial charge in [-0.05, 0) is 17.8 Å². The number of methoxy groups -OCH3 is 1. The van der Waals surface area contributed by atoms with Crippen molar-refractivity contribution in [3.05, 3.63) is 40.4 Å². The fourth-order valence-electron chi connectivity index (χ4n) is 1.29. The third kappa shape index (κ3) is 3.10. The van der Waals surface area contributed by atoms with E-state index in [1.165, 1.54) is 31.6 Å². The number of aromatic nitrogens is 3. The Hall–Kier alpha value is -2.35. The monoisotopic (exact) mass is 278 g/mol. The molecule has 0 aliphatic carbocycles. The smallest absolute Gasteiger partial charge is 0.340 e. The molecular formula is C11H10N4O3S. The van der Waals surface area contributed by atoms with E-state index in [1.54, 1.807) is 0 Å². The minimum Gasteiger partial charge on any atom is -0.465 e. The number of ether oxygens (including phenoxy) is 1. The van der Waals surface area contributed by atoms with Gasteiger partial charge in [0.15, 0.2) is 5.16 Å². The van der Waals surface area contributed by atoms with Crippen molar-refractivity contribution in [1.29, 1.82) is 0 Å². The highest BCUT2D eigenvalue weighted by Crippen LogP contribution is 2.24. The van der Waals surface area contributed by atoms with Crippen LogP contribution in [0, 0.1) is 0 Å². The van der Waals surface area contributed by atoms with Crippen LogP contribution in [0.2, 0.25) is 0 Å². The van der Waals surface area contributed by atoms with Gasteiger partial charge in [-0.1, -0.05) is 0 Å². The van der Waals surface area contributed by atoms with Gasteiger partial charge in [-0.2, -0.15) is 0 Å². The van der Waals surface area contributed by atoms with E-state index in [-0.39, 0.29) is 16.8 Å². The van der Waals surface area contributed by atoms with Gasteiger partial charge in [-0.15, -0.1) is 0 Å². The van der Waals surface area contributed by atoms with E-state index in [2.05, 4.69) is 19.7 Å². The van der Waals surface area contributed by atoms with Crippen LogP contribution < -0.4 is 11.3 Å². The standard InChI is InChI=1S/C11H10N4O3S/c1-18-10(17)6-4-9(14-5-7(6)12)19-11-13-3-2-8(16)15-11/h2-5H,12H2,1H3,(H,13,15,16). The predicted octanol–water partition coefficient (Wildman–Crippen LogP) is 0.685. The minimum atomic E-state index is -0.545. The van der Waals surface area contributed by atoms with Gasteiger partial charge in [-0.25, -0.2) is 14.8 Å². The topological polar surface area (TPSA) is 111 Å². The summed E-state index contributed by atoms with van der Waals surface area (Å²) in [6, 6.07) is 2.79. The quantitative estimate of drug-likeness (QED) is 0.627. The first-order valence-electron chi connectivity index (χ1n) is 5.17. The Morgan fingerprint density at radius 1 is 1.47 bits per heavy atom. The molecule has 0 radical (unpaired) electrons. The Morgan fingerprint density at radius 3 is 2.95 bits per heavy atom. The van der Waals surface area contributed by atoms with Crippen molar-refractivity contribution in [1.82, 2.24) is 15.0 Å². The summed E-state index contributed by atoms with van der Waals surface area (Å²) in [4.78, 5) is 33.2. The summed E-state index contributed by atoms with van der Waals surface area (Å²) in [5.41, 5.74) is 5.82. The van der Waals surface area contributed by atoms with Crippen molar-refractivity contribution in [3.8, 4) is 0 Å². The SMILES string of the molecule is COC(=O)c1cc(Sc2nccc(=O)[nH]2)ncc1N. The second-order valence-electron chi connectivity index (χ2n) is 3.44. The van der Waals surface area contributed by atoms with Crippen molar-refractivity contribution < 1.29 is 9.53 Å². The van der Waals surface area contributed by atoms with Crippen LogP contribution in [0.1, 0.15) is 10.4 Å². The van der Waals surface area contributed by atoms with Crippen LogP contribution in [0.3, 0.4) is 0 Å². The largest absolute Gasteiger partial charge is 0.465 e. The lowest BCUT2D eigenvalue weighted by atomic mass is 10.2. The summed E-state index contributed by atoms with van der Waals surface area (Å²) < 4.78 is 4.61. The van der Waals surface area contributed by atoms with Gasteiger partial charge in [-0.3, -0.25) is 4.79 Å². The molecule has 0 spiro atoms. The van der Waals surface area contributed by atoms with Crippen molar-refractivity contribution >= 4 is 23.4 Å². The van der Waals surface area contributed by atoms with Crippen molar-refractivity contribution in [2.75, 3.05) is 12.8 Å². The molecule has 0 amide bonds. The van der Waals surface area contributed by atoms with Crippen LogP contribution in [-0.2, 0) is 4.74 Å². The van der Waals surface area contributed by atoms with Gasteiger partial charge in [0, 0.05) is 12.3 Å². The number of nitrogen functional groups attached to an aromatic ring is 1. The number of H-pyrrole nitrogens is 1.